The van der Waals surface area contributed by atoms with Gasteiger partial charge < -0.3 is 5.32 Å². The second-order valence-electron chi connectivity index (χ2n) is 5.73. The number of aromatic nitrogens is 2. The average molecular weight is 219 g/mol. The minimum atomic E-state index is 0.520. The highest BCUT2D eigenvalue weighted by Crippen LogP contribution is 2.40. The molecule has 2 aliphatic rings. The summed E-state index contributed by atoms with van der Waals surface area (Å²) in [6.07, 6.45) is 4.06. The third-order valence-electron chi connectivity index (χ3n) is 3.88. The van der Waals surface area contributed by atoms with Crippen molar-refractivity contribution in [2.24, 2.45) is 5.92 Å². The molecule has 3 heteroatoms. The Morgan fingerprint density at radius 2 is 2.19 bits per heavy atom. The molecule has 0 bridgehead atoms. The average Bonchev–Trinajstić information content (AvgIpc) is 2.97. The van der Waals surface area contributed by atoms with Crippen LogP contribution in [0.5, 0.6) is 0 Å². The molecule has 0 radical (unpaired) electrons. The van der Waals surface area contributed by atoms with Gasteiger partial charge in [-0.15, -0.1) is 0 Å². The van der Waals surface area contributed by atoms with Crippen LogP contribution < -0.4 is 5.32 Å². The highest BCUT2D eigenvalue weighted by molar-refractivity contribution is 5.42. The number of nitrogens with zero attached hydrogens (tertiary/aromatic N) is 2. The zero-order valence-corrected chi connectivity index (χ0v) is 10.4. The molecule has 3 nitrogen and oxygen atoms in total. The lowest BCUT2D eigenvalue weighted by molar-refractivity contribution is 0.382. The Labute approximate surface area is 97.2 Å². The van der Waals surface area contributed by atoms with E-state index in [2.05, 4.69) is 36.8 Å². The third-order valence-corrected chi connectivity index (χ3v) is 3.88. The molecule has 1 aromatic heterocycles. The van der Waals surface area contributed by atoms with Crippen LogP contribution in [0.25, 0.3) is 0 Å². The smallest absolute Gasteiger partial charge is 0.125 e. The molecule has 1 aliphatic carbocycles. The van der Waals surface area contributed by atoms with E-state index in [0.717, 1.165) is 5.92 Å². The van der Waals surface area contributed by atoms with Gasteiger partial charge in [-0.05, 0) is 38.0 Å². The van der Waals surface area contributed by atoms with Gasteiger partial charge in [0, 0.05) is 12.1 Å². The van der Waals surface area contributed by atoms with E-state index in [1.165, 1.54) is 30.8 Å². The predicted molar refractivity (Wildman–Crippen MR) is 65.8 cm³/mol. The Balaban J connectivity index is 1.88. The van der Waals surface area contributed by atoms with Gasteiger partial charge in [-0.25, -0.2) is 4.68 Å². The highest BCUT2D eigenvalue weighted by atomic mass is 15.4. The summed E-state index contributed by atoms with van der Waals surface area (Å²) in [5.41, 5.74) is 1.21. The van der Waals surface area contributed by atoms with Crippen molar-refractivity contribution in [2.45, 2.75) is 58.0 Å². The fourth-order valence-electron chi connectivity index (χ4n) is 2.66. The number of hydrogen-bond donors (Lipinski definition) is 1. The van der Waals surface area contributed by atoms with Crippen molar-refractivity contribution in [3.05, 3.63) is 11.8 Å². The molecule has 1 saturated carbocycles. The van der Waals surface area contributed by atoms with Gasteiger partial charge >= 0.3 is 0 Å². The lowest BCUT2D eigenvalue weighted by Crippen LogP contribution is -2.32. The molecule has 0 amide bonds. The van der Waals surface area contributed by atoms with Gasteiger partial charge in [0.2, 0.25) is 0 Å². The SMILES string of the molecule is CC(C)c1cc2n(n1)C(C)CC(C1CC1)N2. The topological polar surface area (TPSA) is 29.9 Å². The summed E-state index contributed by atoms with van der Waals surface area (Å²) >= 11 is 0. The predicted octanol–water partition coefficient (Wildman–Crippen LogP) is 3.16. The van der Waals surface area contributed by atoms with E-state index < -0.39 is 0 Å². The van der Waals surface area contributed by atoms with Crippen molar-refractivity contribution < 1.29 is 0 Å². The van der Waals surface area contributed by atoms with E-state index >= 15 is 0 Å². The number of rotatable bonds is 2. The standard InChI is InChI=1S/C13H21N3/c1-8(2)11-7-13-14-12(10-4-5-10)6-9(3)16(13)15-11/h7-10,12,14H,4-6H2,1-3H3. The van der Waals surface area contributed by atoms with Crippen molar-refractivity contribution in [3.63, 3.8) is 0 Å². The molecule has 2 heterocycles. The van der Waals surface area contributed by atoms with Crippen LogP contribution in [-0.4, -0.2) is 15.8 Å². The molecular weight excluding hydrogens is 198 g/mol. The van der Waals surface area contributed by atoms with Crippen LogP contribution in [0.15, 0.2) is 6.07 Å². The van der Waals surface area contributed by atoms with E-state index in [0.29, 0.717) is 18.0 Å². The van der Waals surface area contributed by atoms with Gasteiger partial charge in [-0.1, -0.05) is 13.8 Å². The van der Waals surface area contributed by atoms with Crippen molar-refractivity contribution in [2.75, 3.05) is 5.32 Å². The summed E-state index contributed by atoms with van der Waals surface area (Å²) in [7, 11) is 0. The summed E-state index contributed by atoms with van der Waals surface area (Å²) in [6.45, 7) is 6.70. The molecule has 3 rings (SSSR count). The van der Waals surface area contributed by atoms with Crippen LogP contribution in [0.1, 0.15) is 57.7 Å². The maximum Gasteiger partial charge on any atom is 0.125 e. The summed E-state index contributed by atoms with van der Waals surface area (Å²) in [4.78, 5) is 0. The van der Waals surface area contributed by atoms with Crippen LogP contribution in [0, 0.1) is 5.92 Å². The molecule has 0 saturated heterocycles. The highest BCUT2D eigenvalue weighted by Gasteiger charge is 2.36. The van der Waals surface area contributed by atoms with Gasteiger partial charge in [-0.2, -0.15) is 5.10 Å². The first-order valence-electron chi connectivity index (χ1n) is 6.51. The maximum absolute atomic E-state index is 4.70. The monoisotopic (exact) mass is 219 g/mol. The molecule has 0 aromatic carbocycles. The van der Waals surface area contributed by atoms with Gasteiger partial charge in [0.25, 0.3) is 0 Å². The third kappa shape index (κ3) is 1.62. The minimum Gasteiger partial charge on any atom is -0.367 e. The largest absolute Gasteiger partial charge is 0.367 e. The number of nitrogens with one attached hydrogen (secondary N) is 1. The molecule has 2 atom stereocenters. The fraction of sp³-hybridized carbons (Fsp3) is 0.769. The van der Waals surface area contributed by atoms with Gasteiger partial charge in [-0.3, -0.25) is 0 Å². The molecule has 16 heavy (non-hydrogen) atoms. The Kier molecular flexibility index (Phi) is 2.23. The quantitative estimate of drug-likeness (QED) is 0.828. The Morgan fingerprint density at radius 1 is 1.44 bits per heavy atom. The zero-order chi connectivity index (χ0) is 11.3. The Morgan fingerprint density at radius 3 is 2.81 bits per heavy atom. The Bertz CT molecular complexity index is 390. The summed E-state index contributed by atoms with van der Waals surface area (Å²) in [5.74, 6) is 2.68. The minimum absolute atomic E-state index is 0.520. The summed E-state index contributed by atoms with van der Waals surface area (Å²) in [5, 5.41) is 8.36. The zero-order valence-electron chi connectivity index (χ0n) is 10.4. The summed E-state index contributed by atoms with van der Waals surface area (Å²) in [6, 6.07) is 3.48. The number of fused-ring (bicyclic) bond motifs is 1. The van der Waals surface area contributed by atoms with Crippen LogP contribution in [0.2, 0.25) is 0 Å². The molecule has 88 valence electrons. The summed E-state index contributed by atoms with van der Waals surface area (Å²) < 4.78 is 2.17. The first-order valence-corrected chi connectivity index (χ1v) is 6.51. The van der Waals surface area contributed by atoms with Crippen LogP contribution in [0.3, 0.4) is 0 Å². The van der Waals surface area contributed by atoms with Crippen molar-refractivity contribution >= 4 is 5.82 Å². The molecule has 1 aliphatic heterocycles. The fourth-order valence-corrected chi connectivity index (χ4v) is 2.66. The van der Waals surface area contributed by atoms with Crippen molar-refractivity contribution in [3.8, 4) is 0 Å². The molecule has 1 N–H and O–H groups in total. The van der Waals surface area contributed by atoms with Crippen molar-refractivity contribution in [1.29, 1.82) is 0 Å². The van der Waals surface area contributed by atoms with Crippen LogP contribution >= 0.6 is 0 Å². The second-order valence-corrected chi connectivity index (χ2v) is 5.73. The van der Waals surface area contributed by atoms with Crippen LogP contribution in [0.4, 0.5) is 5.82 Å². The first kappa shape index (κ1) is 10.2. The first-order chi connectivity index (χ1) is 7.65. The normalized spacial score (nSPS) is 29.0. The second kappa shape index (κ2) is 3.51. The maximum atomic E-state index is 4.70. The molecule has 1 fully saturated rings. The molecule has 1 aromatic rings. The molecule has 0 spiro atoms. The lowest BCUT2D eigenvalue weighted by Gasteiger charge is -2.30. The molecule has 2 unspecified atom stereocenters. The van der Waals surface area contributed by atoms with Crippen molar-refractivity contribution in [1.82, 2.24) is 9.78 Å². The van der Waals surface area contributed by atoms with E-state index in [9.17, 15) is 0 Å². The molecular formula is C13H21N3. The lowest BCUT2D eigenvalue weighted by atomic mass is 10.0. The van der Waals surface area contributed by atoms with E-state index in [1.807, 2.05) is 0 Å². The van der Waals surface area contributed by atoms with Gasteiger partial charge in [0.05, 0.1) is 11.7 Å². The van der Waals surface area contributed by atoms with Crippen LogP contribution in [-0.2, 0) is 0 Å². The number of anilines is 1. The van der Waals surface area contributed by atoms with E-state index in [-0.39, 0.29) is 0 Å². The van der Waals surface area contributed by atoms with E-state index in [4.69, 9.17) is 5.10 Å². The van der Waals surface area contributed by atoms with Gasteiger partial charge in [0.1, 0.15) is 5.82 Å². The van der Waals surface area contributed by atoms with Gasteiger partial charge in [0.15, 0.2) is 0 Å². The number of hydrogen-bond acceptors (Lipinski definition) is 2. The van der Waals surface area contributed by atoms with E-state index in [1.54, 1.807) is 0 Å². The Hall–Kier alpha value is -0.990.